The predicted octanol–water partition coefficient (Wildman–Crippen LogP) is 4.00. The van der Waals surface area contributed by atoms with Gasteiger partial charge in [-0.2, -0.15) is 4.98 Å². The number of aromatic nitrogens is 2. The van der Waals surface area contributed by atoms with E-state index in [2.05, 4.69) is 15.5 Å². The second kappa shape index (κ2) is 6.93. The van der Waals surface area contributed by atoms with Crippen molar-refractivity contribution in [2.24, 2.45) is 0 Å². The van der Waals surface area contributed by atoms with E-state index >= 15 is 0 Å². The molecule has 0 aliphatic heterocycles. The number of hydrogen-bond acceptors (Lipinski definition) is 4. The van der Waals surface area contributed by atoms with E-state index in [0.29, 0.717) is 17.8 Å². The van der Waals surface area contributed by atoms with Crippen molar-refractivity contribution in [1.29, 1.82) is 0 Å². The van der Waals surface area contributed by atoms with Crippen molar-refractivity contribution in [2.75, 3.05) is 7.05 Å². The maximum Gasteiger partial charge on any atom is 0.260 e. The van der Waals surface area contributed by atoms with Gasteiger partial charge in [0.2, 0.25) is 0 Å². The van der Waals surface area contributed by atoms with Crippen molar-refractivity contribution in [3.8, 4) is 22.6 Å². The summed E-state index contributed by atoms with van der Waals surface area (Å²) in [6, 6.07) is 13.3. The highest BCUT2D eigenvalue weighted by Gasteiger charge is 2.15. The van der Waals surface area contributed by atoms with E-state index in [1.165, 1.54) is 11.6 Å². The third kappa shape index (κ3) is 3.51. The number of hydrogen-bond donors (Lipinski definition) is 1. The summed E-state index contributed by atoms with van der Waals surface area (Å²) < 4.78 is 19.7. The zero-order valence-corrected chi connectivity index (χ0v) is 14.0. The molecule has 3 aromatic rings. The fourth-order valence-electron chi connectivity index (χ4n) is 2.44. The number of halogens is 1. The van der Waals surface area contributed by atoms with Crippen LogP contribution in [-0.2, 0) is 6.42 Å². The van der Waals surface area contributed by atoms with E-state index in [1.807, 2.05) is 51.2 Å². The smallest absolute Gasteiger partial charge is 0.260 e. The topological polar surface area (TPSA) is 51.0 Å². The maximum absolute atomic E-state index is 14.5. The maximum atomic E-state index is 14.5. The minimum absolute atomic E-state index is 0.209. The Kier molecular flexibility index (Phi) is 4.71. The predicted molar refractivity (Wildman–Crippen MR) is 92.1 cm³/mol. The standard InChI is InChI=1S/C19H20FN3O/c1-12-4-6-14(7-5-12)15-8-9-16(17(20)11-15)19-22-18(23-24-19)10-13(2)21-3/h4-9,11,13,21H,10H2,1-3H3. The van der Waals surface area contributed by atoms with Crippen molar-refractivity contribution in [2.45, 2.75) is 26.3 Å². The van der Waals surface area contributed by atoms with Crippen LogP contribution in [-0.4, -0.2) is 23.2 Å². The Morgan fingerprint density at radius 1 is 1.12 bits per heavy atom. The molecule has 1 aromatic heterocycles. The van der Waals surface area contributed by atoms with Crippen molar-refractivity contribution < 1.29 is 8.91 Å². The van der Waals surface area contributed by atoms with Gasteiger partial charge in [0.15, 0.2) is 5.82 Å². The molecule has 4 nitrogen and oxygen atoms in total. The summed E-state index contributed by atoms with van der Waals surface area (Å²) in [5, 5.41) is 7.03. The SMILES string of the molecule is CNC(C)Cc1noc(-c2ccc(-c3ccc(C)cc3)cc2F)n1. The van der Waals surface area contributed by atoms with Crippen LogP contribution in [0.3, 0.4) is 0 Å². The van der Waals surface area contributed by atoms with Gasteiger partial charge < -0.3 is 9.84 Å². The van der Waals surface area contributed by atoms with Crippen molar-refractivity contribution >= 4 is 0 Å². The molecule has 1 heterocycles. The van der Waals surface area contributed by atoms with Crippen LogP contribution in [0.2, 0.25) is 0 Å². The molecule has 0 saturated carbocycles. The van der Waals surface area contributed by atoms with Gasteiger partial charge in [0.25, 0.3) is 5.89 Å². The van der Waals surface area contributed by atoms with Gasteiger partial charge in [-0.05, 0) is 44.2 Å². The minimum Gasteiger partial charge on any atom is -0.334 e. The van der Waals surface area contributed by atoms with E-state index in [-0.39, 0.29) is 17.7 Å². The molecule has 124 valence electrons. The number of benzene rings is 2. The number of nitrogens with one attached hydrogen (secondary N) is 1. The molecular formula is C19H20FN3O. The molecule has 0 aliphatic rings. The van der Waals surface area contributed by atoms with Crippen LogP contribution < -0.4 is 5.32 Å². The molecule has 5 heteroatoms. The van der Waals surface area contributed by atoms with Crippen LogP contribution in [0.5, 0.6) is 0 Å². The molecule has 0 aliphatic carbocycles. The summed E-state index contributed by atoms with van der Waals surface area (Å²) in [5.41, 5.74) is 3.28. The van der Waals surface area contributed by atoms with Gasteiger partial charge in [-0.1, -0.05) is 41.1 Å². The second-order valence-electron chi connectivity index (χ2n) is 5.97. The summed E-state index contributed by atoms with van der Waals surface area (Å²) in [7, 11) is 1.87. The molecule has 3 rings (SSSR count). The monoisotopic (exact) mass is 325 g/mol. The molecule has 1 N–H and O–H groups in total. The molecule has 1 unspecified atom stereocenters. The molecule has 0 spiro atoms. The van der Waals surface area contributed by atoms with Crippen LogP contribution in [0.25, 0.3) is 22.6 Å². The Labute approximate surface area is 140 Å². The molecule has 0 saturated heterocycles. The second-order valence-corrected chi connectivity index (χ2v) is 5.97. The highest BCUT2D eigenvalue weighted by molar-refractivity contribution is 5.68. The quantitative estimate of drug-likeness (QED) is 0.770. The Balaban J connectivity index is 1.86. The number of rotatable bonds is 5. The highest BCUT2D eigenvalue weighted by atomic mass is 19.1. The van der Waals surface area contributed by atoms with E-state index in [9.17, 15) is 4.39 Å². The normalized spacial score (nSPS) is 12.3. The van der Waals surface area contributed by atoms with Gasteiger partial charge in [0.05, 0.1) is 5.56 Å². The highest BCUT2D eigenvalue weighted by Crippen LogP contribution is 2.27. The Hall–Kier alpha value is -2.53. The molecule has 0 fully saturated rings. The fourth-order valence-corrected chi connectivity index (χ4v) is 2.44. The van der Waals surface area contributed by atoms with Crippen molar-refractivity contribution in [3.05, 3.63) is 59.7 Å². The first kappa shape index (κ1) is 16.3. The first-order valence-corrected chi connectivity index (χ1v) is 7.93. The molecule has 24 heavy (non-hydrogen) atoms. The zero-order valence-electron chi connectivity index (χ0n) is 14.0. The average Bonchev–Trinajstić information content (AvgIpc) is 3.03. The van der Waals surface area contributed by atoms with Gasteiger partial charge in [-0.3, -0.25) is 0 Å². The third-order valence-electron chi connectivity index (χ3n) is 4.03. The minimum atomic E-state index is -0.370. The van der Waals surface area contributed by atoms with E-state index in [1.54, 1.807) is 6.07 Å². The first-order valence-electron chi connectivity index (χ1n) is 7.93. The lowest BCUT2D eigenvalue weighted by Gasteiger charge is -2.05. The molecule has 2 aromatic carbocycles. The lowest BCUT2D eigenvalue weighted by Crippen LogP contribution is -2.24. The molecule has 1 atom stereocenters. The lowest BCUT2D eigenvalue weighted by atomic mass is 10.0. The zero-order chi connectivity index (χ0) is 17.1. The Morgan fingerprint density at radius 3 is 2.50 bits per heavy atom. The van der Waals surface area contributed by atoms with E-state index in [4.69, 9.17) is 4.52 Å². The summed E-state index contributed by atoms with van der Waals surface area (Å²) in [4.78, 5) is 4.29. The van der Waals surface area contributed by atoms with Crippen LogP contribution in [0, 0.1) is 12.7 Å². The largest absolute Gasteiger partial charge is 0.334 e. The number of nitrogens with zero attached hydrogens (tertiary/aromatic N) is 2. The average molecular weight is 325 g/mol. The van der Waals surface area contributed by atoms with Crippen LogP contribution >= 0.6 is 0 Å². The van der Waals surface area contributed by atoms with Crippen molar-refractivity contribution in [1.82, 2.24) is 15.5 Å². The summed E-state index contributed by atoms with van der Waals surface area (Å²) >= 11 is 0. The van der Waals surface area contributed by atoms with E-state index in [0.717, 1.165) is 11.1 Å². The van der Waals surface area contributed by atoms with Gasteiger partial charge in [0, 0.05) is 12.5 Å². The molecule has 0 amide bonds. The van der Waals surface area contributed by atoms with Crippen molar-refractivity contribution in [3.63, 3.8) is 0 Å². The number of aryl methyl sites for hydroxylation is 1. The number of likely N-dealkylation sites (N-methyl/N-ethyl adjacent to an activating group) is 1. The van der Waals surface area contributed by atoms with Gasteiger partial charge >= 0.3 is 0 Å². The fraction of sp³-hybridized carbons (Fsp3) is 0.263. The van der Waals surface area contributed by atoms with Gasteiger partial charge in [-0.25, -0.2) is 4.39 Å². The van der Waals surface area contributed by atoms with Gasteiger partial charge in [-0.15, -0.1) is 0 Å². The van der Waals surface area contributed by atoms with Crippen LogP contribution in [0.15, 0.2) is 47.0 Å². The Bertz CT molecular complexity index is 827. The molecule has 0 radical (unpaired) electrons. The Morgan fingerprint density at radius 2 is 1.83 bits per heavy atom. The summed E-state index contributed by atoms with van der Waals surface area (Å²) in [5.74, 6) is 0.403. The van der Waals surface area contributed by atoms with E-state index < -0.39 is 0 Å². The molecule has 0 bridgehead atoms. The van der Waals surface area contributed by atoms with Gasteiger partial charge in [0.1, 0.15) is 5.82 Å². The van der Waals surface area contributed by atoms with Crippen LogP contribution in [0.1, 0.15) is 18.3 Å². The third-order valence-corrected chi connectivity index (χ3v) is 4.03. The first-order chi connectivity index (χ1) is 11.6. The summed E-state index contributed by atoms with van der Waals surface area (Å²) in [6.45, 7) is 4.04. The summed E-state index contributed by atoms with van der Waals surface area (Å²) in [6.07, 6.45) is 0.628. The van der Waals surface area contributed by atoms with Crippen LogP contribution in [0.4, 0.5) is 4.39 Å². The lowest BCUT2D eigenvalue weighted by molar-refractivity contribution is 0.416. The molecular weight excluding hydrogens is 305 g/mol.